The molecule has 0 N–H and O–H groups in total. The Morgan fingerprint density at radius 3 is 2.50 bits per heavy atom. The first kappa shape index (κ1) is 19.9. The molecule has 0 atom stereocenters. The molecule has 2 fully saturated rings. The second-order valence-corrected chi connectivity index (χ2v) is 9.39. The van der Waals surface area contributed by atoms with Gasteiger partial charge in [0.2, 0.25) is 0 Å². The van der Waals surface area contributed by atoms with Crippen molar-refractivity contribution in [2.24, 2.45) is 0 Å². The van der Waals surface area contributed by atoms with Gasteiger partial charge in [-0.1, -0.05) is 47.5 Å². The minimum atomic E-state index is 0.685. The van der Waals surface area contributed by atoms with E-state index in [-0.39, 0.29) is 0 Å². The van der Waals surface area contributed by atoms with E-state index in [4.69, 9.17) is 16.6 Å². The van der Waals surface area contributed by atoms with E-state index in [0.717, 1.165) is 46.7 Å². The Hall–Kier alpha value is -2.70. The van der Waals surface area contributed by atoms with Crippen LogP contribution in [0.5, 0.6) is 0 Å². The quantitative estimate of drug-likeness (QED) is 0.440. The number of para-hydroxylation sites is 1. The van der Waals surface area contributed by atoms with Crippen LogP contribution in [0.3, 0.4) is 0 Å². The largest absolute Gasteiger partial charge is 0.356 e. The molecular formula is C25H27ClN6. The number of anilines is 1. The van der Waals surface area contributed by atoms with E-state index < -0.39 is 0 Å². The van der Waals surface area contributed by atoms with Crippen LogP contribution in [0.25, 0.3) is 27.8 Å². The molecule has 2 aliphatic heterocycles. The number of likely N-dealkylation sites (tertiary alicyclic amines) is 1. The molecule has 0 amide bonds. The molecule has 0 saturated carbocycles. The van der Waals surface area contributed by atoms with Gasteiger partial charge >= 0.3 is 0 Å². The number of hydrogen-bond donors (Lipinski definition) is 0. The van der Waals surface area contributed by atoms with Crippen molar-refractivity contribution in [3.05, 3.63) is 53.6 Å². The molecule has 0 bridgehead atoms. The van der Waals surface area contributed by atoms with Gasteiger partial charge < -0.3 is 9.80 Å². The first-order chi connectivity index (χ1) is 15.8. The van der Waals surface area contributed by atoms with Crippen LogP contribution in [-0.2, 0) is 0 Å². The highest BCUT2D eigenvalue weighted by atomic mass is 35.5. The number of aromatic nitrogens is 4. The van der Waals surface area contributed by atoms with E-state index >= 15 is 0 Å². The van der Waals surface area contributed by atoms with E-state index in [2.05, 4.69) is 44.4 Å². The van der Waals surface area contributed by atoms with Gasteiger partial charge in [-0.15, -0.1) is 5.10 Å². The van der Waals surface area contributed by atoms with Crippen LogP contribution >= 0.6 is 11.6 Å². The predicted octanol–water partition coefficient (Wildman–Crippen LogP) is 5.05. The first-order valence-electron chi connectivity index (χ1n) is 11.7. The summed E-state index contributed by atoms with van der Waals surface area (Å²) in [6.07, 6.45) is 6.48. The molecule has 2 saturated heterocycles. The Balaban J connectivity index is 1.39. The highest BCUT2D eigenvalue weighted by molar-refractivity contribution is 6.30. The first-order valence-corrected chi connectivity index (χ1v) is 12.0. The third-order valence-electron chi connectivity index (χ3n) is 7.00. The van der Waals surface area contributed by atoms with Crippen LogP contribution < -0.4 is 4.90 Å². The number of fused-ring (bicyclic) bond motifs is 3. The van der Waals surface area contributed by atoms with Crippen molar-refractivity contribution in [1.82, 2.24) is 24.7 Å². The van der Waals surface area contributed by atoms with E-state index in [9.17, 15) is 0 Å². The molecule has 7 heteroatoms. The summed E-state index contributed by atoms with van der Waals surface area (Å²) in [5.41, 5.74) is 3.51. The fourth-order valence-corrected chi connectivity index (χ4v) is 5.53. The van der Waals surface area contributed by atoms with Crippen molar-refractivity contribution in [3.63, 3.8) is 0 Å². The number of benzene rings is 2. The fourth-order valence-electron chi connectivity index (χ4n) is 5.34. The Morgan fingerprint density at radius 2 is 1.69 bits per heavy atom. The minimum Gasteiger partial charge on any atom is -0.356 e. The highest BCUT2D eigenvalue weighted by Gasteiger charge is 2.27. The lowest BCUT2D eigenvalue weighted by Crippen LogP contribution is -2.47. The summed E-state index contributed by atoms with van der Waals surface area (Å²) < 4.78 is 1.86. The minimum absolute atomic E-state index is 0.685. The van der Waals surface area contributed by atoms with Gasteiger partial charge in [-0.25, -0.2) is 4.98 Å². The average Bonchev–Trinajstić information content (AvgIpc) is 3.29. The number of halogens is 1. The van der Waals surface area contributed by atoms with Gasteiger partial charge in [0.25, 0.3) is 0 Å². The molecule has 2 aliphatic rings. The third kappa shape index (κ3) is 3.51. The maximum Gasteiger partial charge on any atom is 0.186 e. The molecule has 0 radical (unpaired) electrons. The number of nitrogens with zero attached hydrogens (tertiary/aromatic N) is 6. The average molecular weight is 447 g/mol. The molecule has 6 rings (SSSR count). The zero-order valence-electron chi connectivity index (χ0n) is 18.1. The van der Waals surface area contributed by atoms with E-state index in [1.54, 1.807) is 0 Å². The Labute approximate surface area is 192 Å². The monoisotopic (exact) mass is 446 g/mol. The zero-order chi connectivity index (χ0) is 21.5. The smallest absolute Gasteiger partial charge is 0.186 e. The van der Waals surface area contributed by atoms with E-state index in [0.29, 0.717) is 11.1 Å². The van der Waals surface area contributed by atoms with Crippen LogP contribution in [0.15, 0.2) is 48.5 Å². The topological polar surface area (TPSA) is 49.6 Å². The third-order valence-corrected chi connectivity index (χ3v) is 7.24. The van der Waals surface area contributed by atoms with Crippen LogP contribution in [-0.4, -0.2) is 56.9 Å². The van der Waals surface area contributed by atoms with Gasteiger partial charge in [-0.05, 0) is 63.0 Å². The molecule has 6 nitrogen and oxygen atoms in total. The second kappa shape index (κ2) is 8.34. The Morgan fingerprint density at radius 1 is 0.875 bits per heavy atom. The second-order valence-electron chi connectivity index (χ2n) is 8.95. The predicted molar refractivity (Wildman–Crippen MR) is 129 cm³/mol. The van der Waals surface area contributed by atoms with Gasteiger partial charge in [-0.3, -0.25) is 0 Å². The van der Waals surface area contributed by atoms with Gasteiger partial charge in [0.05, 0.1) is 5.52 Å². The molecule has 32 heavy (non-hydrogen) atoms. The standard InChI is InChI=1S/C25H27ClN6/c26-19-8-6-7-18(17-19)23-25-27-24(21-9-2-3-10-22(21)32(25)29-28-23)31-15-11-20(12-16-31)30-13-4-1-5-14-30/h2-3,6-10,17,20H,1,4-5,11-16H2. The number of rotatable bonds is 3. The van der Waals surface area contributed by atoms with Crippen molar-refractivity contribution >= 4 is 34.0 Å². The molecule has 4 aromatic rings. The normalized spacial score (nSPS) is 18.6. The summed E-state index contributed by atoms with van der Waals surface area (Å²) in [5.74, 6) is 1.04. The summed E-state index contributed by atoms with van der Waals surface area (Å²) in [5, 5.41) is 10.7. The maximum atomic E-state index is 6.25. The molecule has 2 aromatic heterocycles. The molecule has 0 unspecified atom stereocenters. The molecule has 164 valence electrons. The van der Waals surface area contributed by atoms with Crippen LogP contribution in [0.4, 0.5) is 5.82 Å². The molecule has 0 spiro atoms. The van der Waals surface area contributed by atoms with Crippen LogP contribution in [0.2, 0.25) is 5.02 Å². The van der Waals surface area contributed by atoms with Crippen molar-refractivity contribution < 1.29 is 0 Å². The molecule has 2 aromatic carbocycles. The van der Waals surface area contributed by atoms with Crippen molar-refractivity contribution in [2.45, 2.75) is 38.1 Å². The van der Waals surface area contributed by atoms with Crippen LogP contribution in [0, 0.1) is 0 Å². The molecule has 0 aliphatic carbocycles. The maximum absolute atomic E-state index is 6.25. The summed E-state index contributed by atoms with van der Waals surface area (Å²) >= 11 is 6.25. The lowest BCUT2D eigenvalue weighted by Gasteiger charge is -2.40. The SMILES string of the molecule is Clc1cccc(-c2nnn3c2nc(N2CCC(N4CCCCC4)CC2)c2ccccc23)c1. The summed E-state index contributed by atoms with van der Waals surface area (Å²) in [6.45, 7) is 4.59. The van der Waals surface area contributed by atoms with Crippen molar-refractivity contribution in [3.8, 4) is 11.3 Å². The zero-order valence-corrected chi connectivity index (χ0v) is 18.9. The Kier molecular flexibility index (Phi) is 5.20. The van der Waals surface area contributed by atoms with Gasteiger partial charge in [0.1, 0.15) is 11.5 Å². The molecule has 4 heterocycles. The lowest BCUT2D eigenvalue weighted by molar-refractivity contribution is 0.141. The van der Waals surface area contributed by atoms with Gasteiger partial charge in [-0.2, -0.15) is 4.52 Å². The lowest BCUT2D eigenvalue weighted by atomic mass is 9.99. The van der Waals surface area contributed by atoms with E-state index in [1.165, 1.54) is 45.2 Å². The summed E-state index contributed by atoms with van der Waals surface area (Å²) in [4.78, 5) is 10.3. The Bertz CT molecular complexity index is 1250. The fraction of sp³-hybridized carbons (Fsp3) is 0.400. The van der Waals surface area contributed by atoms with Crippen molar-refractivity contribution in [1.29, 1.82) is 0 Å². The molecular weight excluding hydrogens is 420 g/mol. The number of piperidine rings is 2. The van der Waals surface area contributed by atoms with Crippen LogP contribution in [0.1, 0.15) is 32.1 Å². The van der Waals surface area contributed by atoms with Gasteiger partial charge in [0, 0.05) is 35.1 Å². The van der Waals surface area contributed by atoms with E-state index in [1.807, 2.05) is 28.8 Å². The summed E-state index contributed by atoms with van der Waals surface area (Å²) in [7, 11) is 0. The summed E-state index contributed by atoms with van der Waals surface area (Å²) in [6, 6.07) is 16.8. The number of hydrogen-bond acceptors (Lipinski definition) is 5. The van der Waals surface area contributed by atoms with Crippen molar-refractivity contribution in [2.75, 3.05) is 31.1 Å². The van der Waals surface area contributed by atoms with Gasteiger partial charge in [0.15, 0.2) is 5.65 Å². The highest BCUT2D eigenvalue weighted by Crippen LogP contribution is 2.32.